The van der Waals surface area contributed by atoms with Gasteiger partial charge in [-0.05, 0) is 44.9 Å². The van der Waals surface area contributed by atoms with Crippen molar-refractivity contribution >= 4 is 13.7 Å². The molecule has 0 aliphatic heterocycles. The minimum atomic E-state index is -4.57. The molecule has 3 unspecified atom stereocenters. The quantitative estimate of drug-likeness (QED) is 0.0273. The van der Waals surface area contributed by atoms with E-state index < -0.39 is 20.0 Å². The smallest absolute Gasteiger partial charge is 0.268 e. The van der Waals surface area contributed by atoms with Crippen LogP contribution in [0.25, 0.3) is 0 Å². The lowest BCUT2D eigenvalue weighted by Gasteiger charge is -2.30. The first-order valence-corrected chi connectivity index (χ1v) is 27.6. The van der Waals surface area contributed by atoms with Crippen LogP contribution in [-0.4, -0.2) is 68.5 Å². The molecule has 9 heteroatoms. The van der Waals surface area contributed by atoms with Gasteiger partial charge in [0.2, 0.25) is 5.91 Å². The van der Waals surface area contributed by atoms with Crippen LogP contribution in [0, 0.1) is 0 Å². The Morgan fingerprint density at radius 1 is 0.574 bits per heavy atom. The van der Waals surface area contributed by atoms with Crippen LogP contribution < -0.4 is 10.2 Å². The first-order chi connectivity index (χ1) is 29.5. The lowest BCUT2D eigenvalue weighted by atomic mass is 10.0. The van der Waals surface area contributed by atoms with E-state index in [1.165, 1.54) is 161 Å². The Kier molecular flexibility index (Phi) is 43.5. The number of aliphatic hydroxyl groups excluding tert-OH is 1. The molecule has 0 aromatic carbocycles. The van der Waals surface area contributed by atoms with Crippen LogP contribution in [0.3, 0.4) is 0 Å². The number of aliphatic hydroxyl groups is 1. The van der Waals surface area contributed by atoms with Crippen molar-refractivity contribution in [2.75, 3.05) is 40.9 Å². The van der Waals surface area contributed by atoms with E-state index in [-0.39, 0.29) is 19.1 Å². The van der Waals surface area contributed by atoms with E-state index in [1.807, 2.05) is 21.1 Å². The maximum Gasteiger partial charge on any atom is 0.268 e. The van der Waals surface area contributed by atoms with Crippen LogP contribution in [0.4, 0.5) is 0 Å². The van der Waals surface area contributed by atoms with Crippen LogP contribution in [-0.2, 0) is 18.4 Å². The molecule has 2 N–H and O–H groups in total. The number of carbonyl (C=O) groups excluding carboxylic acids is 1. The fourth-order valence-corrected chi connectivity index (χ4v) is 8.50. The van der Waals surface area contributed by atoms with Crippen molar-refractivity contribution < 1.29 is 32.9 Å². The Labute approximate surface area is 379 Å². The van der Waals surface area contributed by atoms with Crippen molar-refractivity contribution in [3.05, 3.63) is 24.3 Å². The summed E-state index contributed by atoms with van der Waals surface area (Å²) in [6, 6.07) is -0.806. The van der Waals surface area contributed by atoms with Gasteiger partial charge in [0, 0.05) is 6.42 Å². The van der Waals surface area contributed by atoms with E-state index in [2.05, 4.69) is 43.5 Å². The van der Waals surface area contributed by atoms with Crippen molar-refractivity contribution in [2.24, 2.45) is 0 Å². The second-order valence-electron chi connectivity index (χ2n) is 19.2. The number of likely N-dealkylation sites (N-methyl/N-ethyl adjacent to an activating group) is 1. The molecule has 3 atom stereocenters. The van der Waals surface area contributed by atoms with E-state index in [1.54, 1.807) is 0 Å². The highest BCUT2D eigenvalue weighted by molar-refractivity contribution is 7.45. The lowest BCUT2D eigenvalue weighted by molar-refractivity contribution is -0.870. The van der Waals surface area contributed by atoms with Crippen molar-refractivity contribution in [1.82, 2.24) is 5.32 Å². The summed E-state index contributed by atoms with van der Waals surface area (Å²) in [5, 5.41) is 14.0. The summed E-state index contributed by atoms with van der Waals surface area (Å²) in [6.07, 6.45) is 53.4. The zero-order valence-electron chi connectivity index (χ0n) is 41.1. The third-order valence-electron chi connectivity index (χ3n) is 11.9. The summed E-state index contributed by atoms with van der Waals surface area (Å²) in [7, 11) is 1.30. The highest BCUT2D eigenvalue weighted by Gasteiger charge is 2.24. The number of hydrogen-bond donors (Lipinski definition) is 2. The number of hydrogen-bond acceptors (Lipinski definition) is 6. The minimum absolute atomic E-state index is 0.0101. The number of nitrogens with zero attached hydrogens (tertiary/aromatic N) is 1. The number of phosphoric acid groups is 1. The van der Waals surface area contributed by atoms with Gasteiger partial charge in [-0.15, -0.1) is 0 Å². The Morgan fingerprint density at radius 2 is 0.951 bits per heavy atom. The van der Waals surface area contributed by atoms with Gasteiger partial charge < -0.3 is 28.8 Å². The molecule has 0 radical (unpaired) electrons. The van der Waals surface area contributed by atoms with Gasteiger partial charge in [-0.1, -0.05) is 224 Å². The molecule has 0 aliphatic rings. The maximum atomic E-state index is 12.9. The standard InChI is InChI=1S/C52H103N2O6P/c1-6-8-10-12-14-16-18-20-22-23-24-25-26-27-28-29-30-32-33-35-37-39-41-43-45-51(55)50(49-60-61(57,58)59-48-47-54(3,4)5)53-52(56)46-44-42-40-38-36-34-31-21-19-17-15-13-11-9-7-2/h15,17,21,31,50-51,55H,6-14,16,18-20,22-30,32-49H2,1-5H3,(H-,53,56,57,58)/b17-15-,31-21-. The van der Waals surface area contributed by atoms with Crippen molar-refractivity contribution in [3.8, 4) is 0 Å². The first kappa shape index (κ1) is 60.0. The summed E-state index contributed by atoms with van der Waals surface area (Å²) >= 11 is 0. The highest BCUT2D eigenvalue weighted by Crippen LogP contribution is 2.38. The molecule has 0 aromatic rings. The lowest BCUT2D eigenvalue weighted by Crippen LogP contribution is -2.46. The Hall–Kier alpha value is -1.02. The number of nitrogens with one attached hydrogen (secondary N) is 1. The Bertz CT molecular complexity index is 1050. The van der Waals surface area contributed by atoms with E-state index >= 15 is 0 Å². The summed E-state index contributed by atoms with van der Waals surface area (Å²) in [5.74, 6) is -0.176. The highest BCUT2D eigenvalue weighted by atomic mass is 31.2. The van der Waals surface area contributed by atoms with Gasteiger partial charge in [-0.25, -0.2) is 0 Å². The molecule has 0 saturated carbocycles. The van der Waals surface area contributed by atoms with Crippen LogP contribution in [0.1, 0.15) is 251 Å². The zero-order valence-corrected chi connectivity index (χ0v) is 42.0. The van der Waals surface area contributed by atoms with Gasteiger partial charge in [0.25, 0.3) is 7.82 Å². The molecule has 8 nitrogen and oxygen atoms in total. The van der Waals surface area contributed by atoms with Crippen LogP contribution in [0.5, 0.6) is 0 Å². The monoisotopic (exact) mass is 883 g/mol. The molecule has 0 saturated heterocycles. The molecule has 0 fully saturated rings. The number of phosphoric ester groups is 1. The van der Waals surface area contributed by atoms with Crippen LogP contribution in [0.2, 0.25) is 0 Å². The average Bonchev–Trinajstić information content (AvgIpc) is 3.21. The molecular weight excluding hydrogens is 780 g/mol. The zero-order chi connectivity index (χ0) is 45.0. The number of quaternary nitrogens is 1. The molecule has 0 heterocycles. The predicted octanol–water partition coefficient (Wildman–Crippen LogP) is 14.6. The third-order valence-corrected chi connectivity index (χ3v) is 12.9. The third kappa shape index (κ3) is 46.8. The van der Waals surface area contributed by atoms with E-state index in [0.29, 0.717) is 23.9 Å². The van der Waals surface area contributed by atoms with E-state index in [4.69, 9.17) is 9.05 Å². The van der Waals surface area contributed by atoms with E-state index in [0.717, 1.165) is 64.2 Å². The van der Waals surface area contributed by atoms with Crippen molar-refractivity contribution in [1.29, 1.82) is 0 Å². The molecule has 0 bridgehead atoms. The first-order valence-electron chi connectivity index (χ1n) is 26.2. The van der Waals surface area contributed by atoms with Gasteiger partial charge >= 0.3 is 0 Å². The fourth-order valence-electron chi connectivity index (χ4n) is 7.78. The molecule has 362 valence electrons. The van der Waals surface area contributed by atoms with Crippen LogP contribution >= 0.6 is 7.82 Å². The molecular formula is C52H103N2O6P. The van der Waals surface area contributed by atoms with Gasteiger partial charge in [-0.3, -0.25) is 9.36 Å². The topological polar surface area (TPSA) is 108 Å². The van der Waals surface area contributed by atoms with Gasteiger partial charge in [0.1, 0.15) is 13.2 Å². The summed E-state index contributed by atoms with van der Waals surface area (Å²) in [6.45, 7) is 4.71. The number of allylic oxidation sites excluding steroid dienone is 4. The SMILES string of the molecule is CCCCC/C=C\C/C=C\CCCCCCCC(=O)NC(COP(=O)([O-])OCC[N+](C)(C)C)C(O)CCCCCCCCCCCCCCCCCCCCCCCCCC. The van der Waals surface area contributed by atoms with Crippen molar-refractivity contribution in [2.45, 2.75) is 264 Å². The molecule has 61 heavy (non-hydrogen) atoms. The maximum absolute atomic E-state index is 12.9. The predicted molar refractivity (Wildman–Crippen MR) is 261 cm³/mol. The average molecular weight is 883 g/mol. The van der Waals surface area contributed by atoms with E-state index in [9.17, 15) is 19.4 Å². The number of rotatable bonds is 48. The Morgan fingerprint density at radius 3 is 1.39 bits per heavy atom. The molecule has 0 spiro atoms. The number of unbranched alkanes of at least 4 members (excludes halogenated alkanes) is 31. The summed E-state index contributed by atoms with van der Waals surface area (Å²) in [4.78, 5) is 25.4. The second-order valence-corrected chi connectivity index (χ2v) is 20.6. The van der Waals surface area contributed by atoms with Crippen molar-refractivity contribution in [3.63, 3.8) is 0 Å². The second kappa shape index (κ2) is 44.2. The summed E-state index contributed by atoms with van der Waals surface area (Å²) in [5.41, 5.74) is 0. The molecule has 0 aliphatic carbocycles. The normalized spacial score (nSPS) is 14.3. The number of amides is 1. The largest absolute Gasteiger partial charge is 0.756 e. The molecule has 1 amide bonds. The molecule has 0 aromatic heterocycles. The summed E-state index contributed by atoms with van der Waals surface area (Å²) < 4.78 is 23.3. The minimum Gasteiger partial charge on any atom is -0.756 e. The van der Waals surface area contributed by atoms with Gasteiger partial charge in [0.05, 0.1) is 39.9 Å². The van der Waals surface area contributed by atoms with Crippen LogP contribution in [0.15, 0.2) is 24.3 Å². The number of carbonyl (C=O) groups is 1. The van der Waals surface area contributed by atoms with Gasteiger partial charge in [0.15, 0.2) is 0 Å². The molecule has 0 rings (SSSR count). The Balaban J connectivity index is 4.20. The van der Waals surface area contributed by atoms with Gasteiger partial charge in [-0.2, -0.15) is 0 Å². The fraction of sp³-hybridized carbons (Fsp3) is 0.904.